The number of aromatic nitrogens is 4. The second kappa shape index (κ2) is 9.28. The highest BCUT2D eigenvalue weighted by atomic mass is 19.1. The number of carbonyl (C=O) groups is 1. The third-order valence-electron chi connectivity index (χ3n) is 5.87. The molecule has 1 fully saturated rings. The van der Waals surface area contributed by atoms with Crippen LogP contribution in [-0.4, -0.2) is 63.6 Å². The van der Waals surface area contributed by atoms with Gasteiger partial charge in [-0.3, -0.25) is 4.79 Å². The number of pyridine rings is 1. The second-order valence-corrected chi connectivity index (χ2v) is 7.88. The van der Waals surface area contributed by atoms with E-state index in [9.17, 15) is 9.18 Å². The number of H-pyrrole nitrogens is 1. The van der Waals surface area contributed by atoms with Gasteiger partial charge in [-0.05, 0) is 31.7 Å². The molecule has 4 heterocycles. The van der Waals surface area contributed by atoms with Crippen LogP contribution in [-0.2, 0) is 9.53 Å². The molecule has 166 valence electrons. The van der Waals surface area contributed by atoms with Gasteiger partial charge in [0.05, 0.1) is 18.5 Å². The number of ether oxygens (including phenoxy) is 1. The molecule has 32 heavy (non-hydrogen) atoms. The number of hydrogen-bond donors (Lipinski definition) is 2. The molecular formula is C22H24FN7O2. The van der Waals surface area contributed by atoms with Gasteiger partial charge in [0.1, 0.15) is 18.1 Å². The highest BCUT2D eigenvalue weighted by molar-refractivity contribution is 5.96. The molecule has 0 radical (unpaired) electrons. The average molecular weight is 437 g/mol. The fourth-order valence-corrected chi connectivity index (χ4v) is 4.08. The molecule has 0 spiro atoms. The van der Waals surface area contributed by atoms with Crippen LogP contribution in [0.4, 0.5) is 16.0 Å². The minimum atomic E-state index is -0.459. The smallest absolute Gasteiger partial charge is 0.248 e. The average Bonchev–Trinajstić information content (AvgIpc) is 3.22. The van der Waals surface area contributed by atoms with Gasteiger partial charge in [0.25, 0.3) is 0 Å². The molecule has 9 nitrogen and oxygen atoms in total. The lowest BCUT2D eigenvalue weighted by Gasteiger charge is -2.35. The molecule has 0 aromatic carbocycles. The van der Waals surface area contributed by atoms with Crippen LogP contribution in [0.3, 0.4) is 0 Å². The van der Waals surface area contributed by atoms with Crippen LogP contribution in [0.1, 0.15) is 19.8 Å². The predicted molar refractivity (Wildman–Crippen MR) is 118 cm³/mol. The molecule has 1 aliphatic heterocycles. The minimum absolute atomic E-state index is 0.0129. The maximum Gasteiger partial charge on any atom is 0.248 e. The van der Waals surface area contributed by atoms with Crippen molar-refractivity contribution in [1.29, 1.82) is 0 Å². The summed E-state index contributed by atoms with van der Waals surface area (Å²) in [5, 5.41) is 3.90. The summed E-state index contributed by atoms with van der Waals surface area (Å²) in [5.74, 6) is 0.301. The van der Waals surface area contributed by atoms with Crippen molar-refractivity contribution in [3.8, 4) is 11.3 Å². The van der Waals surface area contributed by atoms with Crippen molar-refractivity contribution in [2.24, 2.45) is 5.92 Å². The standard InChI is InChI=1S/C22H24FN7O2/c1-13(14-4-6-30(7-5-14)19(31)12-32-3)28-22-27-11-18(24-2)20(29-22)17-10-26-21-16(17)8-15(23)9-25-21/h8-11,13-14H,4-7,12H2,1,3H3,(H,25,26)(H,27,28,29). The molecule has 1 atom stereocenters. The van der Waals surface area contributed by atoms with Gasteiger partial charge >= 0.3 is 0 Å². The molecule has 1 saturated heterocycles. The first-order chi connectivity index (χ1) is 15.5. The number of fused-ring (bicyclic) bond motifs is 1. The first-order valence-electron chi connectivity index (χ1n) is 10.4. The zero-order chi connectivity index (χ0) is 22.7. The summed E-state index contributed by atoms with van der Waals surface area (Å²) in [7, 11) is 1.52. The summed E-state index contributed by atoms with van der Waals surface area (Å²) in [6.45, 7) is 11.0. The number of piperidine rings is 1. The molecular weight excluding hydrogens is 413 g/mol. The summed E-state index contributed by atoms with van der Waals surface area (Å²) < 4.78 is 18.7. The summed E-state index contributed by atoms with van der Waals surface area (Å²) in [6, 6.07) is 1.45. The molecule has 10 heteroatoms. The molecule has 1 unspecified atom stereocenters. The zero-order valence-corrected chi connectivity index (χ0v) is 17.9. The summed E-state index contributed by atoms with van der Waals surface area (Å²) in [6.07, 6.45) is 6.02. The number of amides is 1. The van der Waals surface area contributed by atoms with Crippen molar-refractivity contribution in [3.05, 3.63) is 41.9 Å². The van der Waals surface area contributed by atoms with Gasteiger partial charge in [0.2, 0.25) is 17.5 Å². The van der Waals surface area contributed by atoms with E-state index >= 15 is 0 Å². The Morgan fingerprint density at radius 2 is 2.19 bits per heavy atom. The van der Waals surface area contributed by atoms with Gasteiger partial charge in [-0.1, -0.05) is 0 Å². The van der Waals surface area contributed by atoms with E-state index < -0.39 is 5.82 Å². The Morgan fingerprint density at radius 3 is 2.91 bits per heavy atom. The van der Waals surface area contributed by atoms with E-state index in [0.29, 0.717) is 47.2 Å². The number of rotatable bonds is 6. The van der Waals surface area contributed by atoms with Crippen molar-refractivity contribution < 1.29 is 13.9 Å². The number of methoxy groups -OCH3 is 1. The largest absolute Gasteiger partial charge is 0.375 e. The monoisotopic (exact) mass is 437 g/mol. The number of halogens is 1. The maximum atomic E-state index is 13.8. The van der Waals surface area contributed by atoms with E-state index in [1.54, 1.807) is 6.20 Å². The summed E-state index contributed by atoms with van der Waals surface area (Å²) in [4.78, 5) is 33.3. The summed E-state index contributed by atoms with van der Waals surface area (Å²) >= 11 is 0. The topological polar surface area (TPSA) is 100 Å². The third-order valence-corrected chi connectivity index (χ3v) is 5.87. The number of hydrogen-bond acceptors (Lipinski definition) is 6. The van der Waals surface area contributed by atoms with E-state index in [4.69, 9.17) is 11.3 Å². The molecule has 0 bridgehead atoms. The second-order valence-electron chi connectivity index (χ2n) is 7.88. The van der Waals surface area contributed by atoms with Gasteiger partial charge < -0.3 is 19.9 Å². The Balaban J connectivity index is 1.51. The van der Waals surface area contributed by atoms with Crippen molar-refractivity contribution in [2.75, 3.05) is 32.1 Å². The van der Waals surface area contributed by atoms with Gasteiger partial charge in [0.15, 0.2) is 0 Å². The summed E-state index contributed by atoms with van der Waals surface area (Å²) in [5.41, 5.74) is 1.82. The quantitative estimate of drug-likeness (QED) is 0.574. The Morgan fingerprint density at radius 1 is 1.41 bits per heavy atom. The molecule has 3 aromatic heterocycles. The number of anilines is 1. The van der Waals surface area contributed by atoms with Crippen LogP contribution in [0.2, 0.25) is 0 Å². The highest BCUT2D eigenvalue weighted by Gasteiger charge is 2.27. The van der Waals surface area contributed by atoms with Crippen molar-refractivity contribution in [2.45, 2.75) is 25.8 Å². The Kier molecular flexibility index (Phi) is 6.28. The zero-order valence-electron chi connectivity index (χ0n) is 17.9. The first-order valence-corrected chi connectivity index (χ1v) is 10.4. The number of likely N-dealkylation sites (tertiary alicyclic amines) is 1. The predicted octanol–water partition coefficient (Wildman–Crippen LogP) is 3.40. The first kappa shape index (κ1) is 21.6. The number of nitrogens with zero attached hydrogens (tertiary/aromatic N) is 5. The van der Waals surface area contributed by atoms with E-state index in [2.05, 4.69) is 37.0 Å². The van der Waals surface area contributed by atoms with Crippen LogP contribution in [0.25, 0.3) is 27.1 Å². The Bertz CT molecular complexity index is 1160. The van der Waals surface area contributed by atoms with Crippen LogP contribution >= 0.6 is 0 Å². The van der Waals surface area contributed by atoms with Gasteiger partial charge in [-0.25, -0.2) is 24.2 Å². The van der Waals surface area contributed by atoms with Gasteiger partial charge in [0, 0.05) is 49.6 Å². The lowest BCUT2D eigenvalue weighted by atomic mass is 9.90. The molecule has 3 aromatic rings. The Labute approximate surface area is 184 Å². The van der Waals surface area contributed by atoms with Crippen molar-refractivity contribution >= 4 is 28.6 Å². The molecule has 1 aliphatic rings. The molecule has 1 amide bonds. The van der Waals surface area contributed by atoms with Crippen molar-refractivity contribution in [3.63, 3.8) is 0 Å². The number of aromatic amines is 1. The SMILES string of the molecule is [C-]#[N+]c1cnc(NC(C)C2CCN(C(=O)COC)CC2)nc1-c1c[nH]c2ncc(F)cc12. The fraction of sp³-hybridized carbons (Fsp3) is 0.409. The number of nitrogens with one attached hydrogen (secondary N) is 2. The van der Waals surface area contributed by atoms with Crippen LogP contribution in [0, 0.1) is 18.3 Å². The molecule has 0 aliphatic carbocycles. The maximum absolute atomic E-state index is 13.8. The highest BCUT2D eigenvalue weighted by Crippen LogP contribution is 2.34. The normalized spacial score (nSPS) is 15.5. The van der Waals surface area contributed by atoms with E-state index in [0.717, 1.165) is 19.0 Å². The molecule has 2 N–H and O–H groups in total. The lowest BCUT2D eigenvalue weighted by molar-refractivity contribution is -0.136. The molecule has 4 rings (SSSR count). The lowest BCUT2D eigenvalue weighted by Crippen LogP contribution is -2.43. The van der Waals surface area contributed by atoms with Gasteiger partial charge in [-0.15, -0.1) is 0 Å². The molecule has 0 saturated carbocycles. The van der Waals surface area contributed by atoms with Crippen LogP contribution < -0.4 is 5.32 Å². The minimum Gasteiger partial charge on any atom is -0.375 e. The Hall–Kier alpha value is -3.58. The number of carbonyl (C=O) groups excluding carboxylic acids is 1. The van der Waals surface area contributed by atoms with Crippen LogP contribution in [0.15, 0.2) is 24.7 Å². The van der Waals surface area contributed by atoms with E-state index in [1.165, 1.54) is 19.4 Å². The fourth-order valence-electron chi connectivity index (χ4n) is 4.08. The van der Waals surface area contributed by atoms with Crippen LogP contribution in [0.5, 0.6) is 0 Å². The van der Waals surface area contributed by atoms with Crippen molar-refractivity contribution in [1.82, 2.24) is 24.8 Å². The van der Waals surface area contributed by atoms with E-state index in [-0.39, 0.29) is 24.2 Å². The van der Waals surface area contributed by atoms with E-state index in [1.807, 2.05) is 4.90 Å². The third kappa shape index (κ3) is 4.38. The van der Waals surface area contributed by atoms with Gasteiger partial charge in [-0.2, -0.15) is 0 Å².